The summed E-state index contributed by atoms with van der Waals surface area (Å²) in [6, 6.07) is 7.46. The van der Waals surface area contributed by atoms with Gasteiger partial charge in [0.1, 0.15) is 0 Å². The first-order valence-electron chi connectivity index (χ1n) is 18.0. The van der Waals surface area contributed by atoms with Gasteiger partial charge in [-0.3, -0.25) is 24.1 Å². The SMILES string of the molecule is CCC(C)C(C(CC(=O)N1CCCC1C(OC)C(C)C(=O)NCCc1cccc(NC)c1)OC)N(C)C(=O)CNC(=O)C1(N(C)C)CCC1. The number of carbonyl (C=O) groups is 4. The number of methoxy groups -OCH3 is 2. The van der Waals surface area contributed by atoms with E-state index in [-0.39, 0.29) is 54.6 Å². The number of hydrogen-bond donors (Lipinski definition) is 3. The van der Waals surface area contributed by atoms with E-state index >= 15 is 0 Å². The standard InChI is InChI=1S/C37H62N6O6/c1-10-25(2)33(42(7)32(45)24-40-36(47)37(41(5)6)18-13-19-37)30(48-8)23-31(44)43-21-12-16-29(43)34(49-9)26(3)35(46)39-20-17-27-14-11-15-28(22-27)38-4/h11,14-15,22,25-26,29-30,33-34,38H,10,12-13,16-21,23-24H2,1-9H3,(H,39,46)(H,40,47). The molecule has 1 aromatic carbocycles. The molecule has 1 saturated carbocycles. The molecule has 1 heterocycles. The lowest BCUT2D eigenvalue weighted by atomic mass is 9.75. The molecule has 49 heavy (non-hydrogen) atoms. The largest absolute Gasteiger partial charge is 0.388 e. The number of nitrogens with one attached hydrogen (secondary N) is 3. The Kier molecular flexibility index (Phi) is 15.3. The zero-order chi connectivity index (χ0) is 36.3. The summed E-state index contributed by atoms with van der Waals surface area (Å²) in [4.78, 5) is 59.2. The number of rotatable bonds is 19. The first-order valence-corrected chi connectivity index (χ1v) is 18.0. The summed E-state index contributed by atoms with van der Waals surface area (Å²) in [5.74, 6) is -0.984. The van der Waals surface area contributed by atoms with Gasteiger partial charge in [0.2, 0.25) is 23.6 Å². The fourth-order valence-electron chi connectivity index (χ4n) is 7.53. The summed E-state index contributed by atoms with van der Waals surface area (Å²) in [6.07, 6.45) is 4.61. The van der Waals surface area contributed by atoms with Crippen LogP contribution in [0.1, 0.15) is 71.3 Å². The van der Waals surface area contributed by atoms with E-state index in [0.717, 1.165) is 49.8 Å². The van der Waals surface area contributed by atoms with Crippen LogP contribution in [0.25, 0.3) is 0 Å². The Bertz CT molecular complexity index is 1260. The maximum absolute atomic E-state index is 14.0. The molecule has 4 amide bonds. The van der Waals surface area contributed by atoms with Crippen molar-refractivity contribution < 1.29 is 28.7 Å². The normalized spacial score (nSPS) is 20.0. The second kappa shape index (κ2) is 18.7. The number of anilines is 1. The van der Waals surface area contributed by atoms with E-state index in [1.54, 1.807) is 26.2 Å². The monoisotopic (exact) mass is 686 g/mol. The molecule has 0 spiro atoms. The van der Waals surface area contributed by atoms with Gasteiger partial charge in [0.25, 0.3) is 0 Å². The van der Waals surface area contributed by atoms with Crippen LogP contribution in [0, 0.1) is 11.8 Å². The van der Waals surface area contributed by atoms with Gasteiger partial charge in [0.15, 0.2) is 0 Å². The molecule has 3 N–H and O–H groups in total. The minimum absolute atomic E-state index is 0.0349. The number of nitrogens with zero attached hydrogens (tertiary/aromatic N) is 3. The van der Waals surface area contributed by atoms with Crippen LogP contribution in [0.15, 0.2) is 24.3 Å². The Morgan fingerprint density at radius 1 is 1.04 bits per heavy atom. The average Bonchev–Trinajstić information content (AvgIpc) is 3.55. The summed E-state index contributed by atoms with van der Waals surface area (Å²) in [7, 11) is 10.6. The van der Waals surface area contributed by atoms with Crippen molar-refractivity contribution in [2.75, 3.05) is 67.4 Å². The number of benzene rings is 1. The zero-order valence-electron chi connectivity index (χ0n) is 31.3. The molecule has 1 aromatic rings. The Hall–Kier alpha value is -3.22. The summed E-state index contributed by atoms with van der Waals surface area (Å²) < 4.78 is 11.9. The van der Waals surface area contributed by atoms with Crippen LogP contribution in [0.2, 0.25) is 0 Å². The van der Waals surface area contributed by atoms with E-state index < -0.39 is 23.7 Å². The maximum atomic E-state index is 14.0. The minimum Gasteiger partial charge on any atom is -0.388 e. The van der Waals surface area contributed by atoms with Crippen molar-refractivity contribution in [1.82, 2.24) is 25.3 Å². The van der Waals surface area contributed by atoms with Crippen LogP contribution in [0.5, 0.6) is 0 Å². The van der Waals surface area contributed by atoms with Gasteiger partial charge in [-0.05, 0) is 76.2 Å². The smallest absolute Gasteiger partial charge is 0.242 e. The summed E-state index contributed by atoms with van der Waals surface area (Å²) in [6.45, 7) is 6.91. The highest BCUT2D eigenvalue weighted by Gasteiger charge is 2.46. The van der Waals surface area contributed by atoms with Gasteiger partial charge in [-0.2, -0.15) is 0 Å². The Balaban J connectivity index is 1.64. The van der Waals surface area contributed by atoms with Gasteiger partial charge >= 0.3 is 0 Å². The fraction of sp³-hybridized carbons (Fsp3) is 0.730. The van der Waals surface area contributed by atoms with Crippen LogP contribution >= 0.6 is 0 Å². The van der Waals surface area contributed by atoms with Crippen LogP contribution in [-0.2, 0) is 35.1 Å². The van der Waals surface area contributed by atoms with Crippen LogP contribution < -0.4 is 16.0 Å². The van der Waals surface area contributed by atoms with E-state index in [1.165, 1.54) is 0 Å². The summed E-state index contributed by atoms with van der Waals surface area (Å²) >= 11 is 0. The third-order valence-electron chi connectivity index (χ3n) is 11.1. The van der Waals surface area contributed by atoms with E-state index in [1.807, 2.05) is 56.1 Å². The number of likely N-dealkylation sites (N-methyl/N-ethyl adjacent to an activating group) is 2. The Labute approximate surface area is 294 Å². The molecule has 2 aliphatic rings. The van der Waals surface area contributed by atoms with Crippen LogP contribution in [0.4, 0.5) is 5.69 Å². The van der Waals surface area contributed by atoms with E-state index in [4.69, 9.17) is 9.47 Å². The molecule has 2 fully saturated rings. The number of likely N-dealkylation sites (tertiary alicyclic amines) is 1. The van der Waals surface area contributed by atoms with Crippen molar-refractivity contribution in [2.24, 2.45) is 11.8 Å². The lowest BCUT2D eigenvalue weighted by molar-refractivity contribution is -0.146. The topological polar surface area (TPSA) is 133 Å². The molecular weight excluding hydrogens is 624 g/mol. The molecule has 1 aliphatic carbocycles. The molecule has 1 saturated heterocycles. The Morgan fingerprint density at radius 2 is 1.76 bits per heavy atom. The first kappa shape index (κ1) is 40.2. The fourth-order valence-corrected chi connectivity index (χ4v) is 7.53. The molecule has 3 rings (SSSR count). The highest BCUT2D eigenvalue weighted by Crippen LogP contribution is 2.36. The summed E-state index contributed by atoms with van der Waals surface area (Å²) in [5.41, 5.74) is 1.60. The van der Waals surface area contributed by atoms with Crippen molar-refractivity contribution >= 4 is 29.3 Å². The predicted molar refractivity (Wildman–Crippen MR) is 192 cm³/mol. The predicted octanol–water partition coefficient (Wildman–Crippen LogP) is 2.91. The molecule has 0 bridgehead atoms. The molecule has 276 valence electrons. The highest BCUT2D eigenvalue weighted by molar-refractivity contribution is 5.91. The molecule has 1 aliphatic heterocycles. The summed E-state index contributed by atoms with van der Waals surface area (Å²) in [5, 5.41) is 9.07. The first-order chi connectivity index (χ1) is 23.3. The molecule has 12 heteroatoms. The van der Waals surface area contributed by atoms with Gasteiger partial charge in [-0.15, -0.1) is 0 Å². The maximum Gasteiger partial charge on any atom is 0.242 e. The van der Waals surface area contributed by atoms with Crippen molar-refractivity contribution in [3.8, 4) is 0 Å². The number of hydrogen-bond acceptors (Lipinski definition) is 8. The van der Waals surface area contributed by atoms with Crippen molar-refractivity contribution in [2.45, 2.75) is 102 Å². The second-order valence-electron chi connectivity index (χ2n) is 14.1. The average molecular weight is 687 g/mol. The molecule has 6 atom stereocenters. The van der Waals surface area contributed by atoms with Crippen molar-refractivity contribution in [3.05, 3.63) is 29.8 Å². The van der Waals surface area contributed by atoms with E-state index in [9.17, 15) is 19.2 Å². The third kappa shape index (κ3) is 9.73. The second-order valence-corrected chi connectivity index (χ2v) is 14.1. The molecule has 0 radical (unpaired) electrons. The van der Waals surface area contributed by atoms with E-state index in [2.05, 4.69) is 35.9 Å². The van der Waals surface area contributed by atoms with Gasteiger partial charge in [-0.25, -0.2) is 0 Å². The third-order valence-corrected chi connectivity index (χ3v) is 11.1. The lowest BCUT2D eigenvalue weighted by Crippen LogP contribution is -2.61. The van der Waals surface area contributed by atoms with Crippen molar-refractivity contribution in [3.63, 3.8) is 0 Å². The van der Waals surface area contributed by atoms with Crippen LogP contribution in [-0.4, -0.2) is 130 Å². The van der Waals surface area contributed by atoms with Crippen molar-refractivity contribution in [1.29, 1.82) is 0 Å². The number of carbonyl (C=O) groups excluding carboxylic acids is 4. The van der Waals surface area contributed by atoms with Gasteiger partial charge < -0.3 is 35.2 Å². The lowest BCUT2D eigenvalue weighted by Gasteiger charge is -2.45. The highest BCUT2D eigenvalue weighted by atomic mass is 16.5. The number of ether oxygens (including phenoxy) is 2. The molecule has 12 nitrogen and oxygen atoms in total. The van der Waals surface area contributed by atoms with E-state index in [0.29, 0.717) is 19.5 Å². The molecular formula is C37H62N6O6. The minimum atomic E-state index is -0.559. The zero-order valence-corrected chi connectivity index (χ0v) is 31.3. The quantitative estimate of drug-likeness (QED) is 0.203. The molecule has 0 aromatic heterocycles. The van der Waals surface area contributed by atoms with Gasteiger partial charge in [0.05, 0.1) is 48.7 Å². The van der Waals surface area contributed by atoms with Gasteiger partial charge in [0, 0.05) is 47.1 Å². The Morgan fingerprint density at radius 3 is 2.33 bits per heavy atom. The van der Waals surface area contributed by atoms with Crippen LogP contribution in [0.3, 0.4) is 0 Å². The molecule has 6 unspecified atom stereocenters. The van der Waals surface area contributed by atoms with Gasteiger partial charge in [-0.1, -0.05) is 39.3 Å². The number of amides is 4.